The Morgan fingerprint density at radius 2 is 1.96 bits per heavy atom. The minimum atomic E-state index is -4.42. The van der Waals surface area contributed by atoms with Crippen LogP contribution in [0.15, 0.2) is 30.9 Å². The molecule has 1 aliphatic carbocycles. The molecular weight excluding hydrogens is 309 g/mol. The summed E-state index contributed by atoms with van der Waals surface area (Å²) in [6.07, 6.45) is 1.63. The first-order chi connectivity index (χ1) is 10.7. The van der Waals surface area contributed by atoms with Gasteiger partial charge in [0, 0.05) is 43.8 Å². The van der Waals surface area contributed by atoms with E-state index in [1.165, 1.54) is 19.3 Å². The standard InChI is InChI=1S/C15H15F3N4O/c1-21-9-12(8-20-21)10-5-11(7-19-6-10)13(23)22(2)14(3-4-14)15(16,17)18/h5-9H,3-4H2,1-2H3. The van der Waals surface area contributed by atoms with Crippen molar-refractivity contribution in [1.82, 2.24) is 19.7 Å². The average Bonchev–Trinajstić information content (AvgIpc) is 3.22. The van der Waals surface area contributed by atoms with Crippen LogP contribution in [0.25, 0.3) is 11.1 Å². The van der Waals surface area contributed by atoms with Crippen LogP contribution in [0.4, 0.5) is 13.2 Å². The molecule has 1 amide bonds. The fourth-order valence-corrected chi connectivity index (χ4v) is 2.60. The quantitative estimate of drug-likeness (QED) is 0.872. The van der Waals surface area contributed by atoms with E-state index in [4.69, 9.17) is 0 Å². The molecule has 0 atom stereocenters. The van der Waals surface area contributed by atoms with Gasteiger partial charge in [0.2, 0.25) is 0 Å². The highest BCUT2D eigenvalue weighted by Gasteiger charge is 2.67. The van der Waals surface area contributed by atoms with Gasteiger partial charge in [-0.1, -0.05) is 0 Å². The first kappa shape index (κ1) is 15.5. The number of aryl methyl sites for hydroxylation is 1. The number of amides is 1. The lowest BCUT2D eigenvalue weighted by molar-refractivity contribution is -0.185. The van der Waals surface area contributed by atoms with Crippen LogP contribution in [-0.2, 0) is 7.05 Å². The van der Waals surface area contributed by atoms with Crippen LogP contribution in [0.3, 0.4) is 0 Å². The Morgan fingerprint density at radius 1 is 1.26 bits per heavy atom. The SMILES string of the molecule is CN(C(=O)c1cncc(-c2cnn(C)c2)c1)C1(C(F)(F)F)CC1. The zero-order chi connectivity index (χ0) is 16.8. The summed E-state index contributed by atoms with van der Waals surface area (Å²) < 4.78 is 41.0. The maximum Gasteiger partial charge on any atom is 0.411 e. The molecule has 2 aromatic heterocycles. The van der Waals surface area contributed by atoms with Gasteiger partial charge in [0.25, 0.3) is 5.91 Å². The molecule has 0 N–H and O–H groups in total. The van der Waals surface area contributed by atoms with E-state index in [0.717, 1.165) is 10.5 Å². The van der Waals surface area contributed by atoms with Gasteiger partial charge in [0.15, 0.2) is 0 Å². The zero-order valence-electron chi connectivity index (χ0n) is 12.6. The molecule has 5 nitrogen and oxygen atoms in total. The smallest absolute Gasteiger partial charge is 0.327 e. The van der Waals surface area contributed by atoms with Crippen LogP contribution in [0, 0.1) is 0 Å². The van der Waals surface area contributed by atoms with Gasteiger partial charge >= 0.3 is 6.18 Å². The molecule has 1 saturated carbocycles. The van der Waals surface area contributed by atoms with Crippen molar-refractivity contribution in [2.45, 2.75) is 24.6 Å². The molecule has 2 heterocycles. The van der Waals surface area contributed by atoms with Gasteiger partial charge in [-0.3, -0.25) is 14.5 Å². The number of halogens is 3. The van der Waals surface area contributed by atoms with Gasteiger partial charge in [-0.2, -0.15) is 18.3 Å². The number of alkyl halides is 3. The van der Waals surface area contributed by atoms with Crippen molar-refractivity contribution < 1.29 is 18.0 Å². The van der Waals surface area contributed by atoms with Crippen LogP contribution in [0.5, 0.6) is 0 Å². The normalized spacial score (nSPS) is 16.2. The first-order valence-electron chi connectivity index (χ1n) is 7.03. The minimum Gasteiger partial charge on any atom is -0.327 e. The lowest BCUT2D eigenvalue weighted by Gasteiger charge is -2.30. The third-order valence-corrected chi connectivity index (χ3v) is 4.22. The summed E-state index contributed by atoms with van der Waals surface area (Å²) in [5.74, 6) is -0.682. The highest BCUT2D eigenvalue weighted by atomic mass is 19.4. The van der Waals surface area contributed by atoms with E-state index < -0.39 is 17.6 Å². The molecule has 3 rings (SSSR count). The van der Waals surface area contributed by atoms with Gasteiger partial charge in [0.05, 0.1) is 11.8 Å². The summed E-state index contributed by atoms with van der Waals surface area (Å²) in [6.45, 7) is 0. The molecule has 0 aliphatic heterocycles. The third kappa shape index (κ3) is 2.58. The molecule has 0 aromatic carbocycles. The van der Waals surface area contributed by atoms with E-state index in [9.17, 15) is 18.0 Å². The Kier molecular flexibility index (Phi) is 3.42. The van der Waals surface area contributed by atoms with E-state index >= 15 is 0 Å². The molecule has 122 valence electrons. The Morgan fingerprint density at radius 3 is 2.48 bits per heavy atom. The third-order valence-electron chi connectivity index (χ3n) is 4.22. The predicted molar refractivity (Wildman–Crippen MR) is 76.6 cm³/mol. The van der Waals surface area contributed by atoms with Crippen LogP contribution >= 0.6 is 0 Å². The molecule has 0 radical (unpaired) electrons. The highest BCUT2D eigenvalue weighted by Crippen LogP contribution is 2.53. The lowest BCUT2D eigenvalue weighted by atomic mass is 10.1. The van der Waals surface area contributed by atoms with Crippen LogP contribution in [0.1, 0.15) is 23.2 Å². The topological polar surface area (TPSA) is 51.0 Å². The van der Waals surface area contributed by atoms with E-state index in [1.54, 1.807) is 30.3 Å². The Hall–Kier alpha value is -2.38. The number of nitrogens with zero attached hydrogens (tertiary/aromatic N) is 4. The number of pyridine rings is 1. The van der Waals surface area contributed by atoms with Crippen molar-refractivity contribution in [3.8, 4) is 11.1 Å². The van der Waals surface area contributed by atoms with Crippen LogP contribution in [0.2, 0.25) is 0 Å². The zero-order valence-corrected chi connectivity index (χ0v) is 12.6. The summed E-state index contributed by atoms with van der Waals surface area (Å²) in [6, 6.07) is 1.54. The molecule has 0 unspecified atom stereocenters. The summed E-state index contributed by atoms with van der Waals surface area (Å²) in [5, 5.41) is 4.03. The van der Waals surface area contributed by atoms with Crippen molar-refractivity contribution in [3.05, 3.63) is 36.4 Å². The molecule has 1 aliphatic rings. The molecular formula is C15H15F3N4O. The molecule has 23 heavy (non-hydrogen) atoms. The van der Waals surface area contributed by atoms with E-state index in [1.807, 2.05) is 0 Å². The summed E-state index contributed by atoms with van der Waals surface area (Å²) in [5.41, 5.74) is -0.526. The molecule has 2 aromatic rings. The fourth-order valence-electron chi connectivity index (χ4n) is 2.60. The van der Waals surface area contributed by atoms with Crippen LogP contribution < -0.4 is 0 Å². The lowest BCUT2D eigenvalue weighted by Crippen LogP contribution is -2.49. The van der Waals surface area contributed by atoms with Crippen LogP contribution in [-0.4, -0.2) is 44.3 Å². The predicted octanol–water partition coefficient (Wildman–Crippen LogP) is 2.65. The number of carbonyl (C=O) groups excluding carboxylic acids is 1. The van der Waals surface area contributed by atoms with Gasteiger partial charge in [-0.25, -0.2) is 0 Å². The number of hydrogen-bond acceptors (Lipinski definition) is 3. The van der Waals surface area contributed by atoms with E-state index in [2.05, 4.69) is 10.1 Å². The second kappa shape index (κ2) is 5.07. The van der Waals surface area contributed by atoms with Crippen molar-refractivity contribution in [1.29, 1.82) is 0 Å². The largest absolute Gasteiger partial charge is 0.411 e. The highest BCUT2D eigenvalue weighted by molar-refractivity contribution is 5.95. The number of aromatic nitrogens is 3. The van der Waals surface area contributed by atoms with Gasteiger partial charge in [0.1, 0.15) is 5.54 Å². The second-order valence-electron chi connectivity index (χ2n) is 5.76. The number of hydrogen-bond donors (Lipinski definition) is 0. The first-order valence-corrected chi connectivity index (χ1v) is 7.03. The second-order valence-corrected chi connectivity index (χ2v) is 5.76. The van der Waals surface area contributed by atoms with Crippen molar-refractivity contribution >= 4 is 5.91 Å². The van der Waals surface area contributed by atoms with Crippen molar-refractivity contribution in [3.63, 3.8) is 0 Å². The Balaban J connectivity index is 1.89. The Bertz CT molecular complexity index is 749. The van der Waals surface area contributed by atoms with Gasteiger partial charge in [-0.05, 0) is 18.9 Å². The maximum atomic E-state index is 13.1. The van der Waals surface area contributed by atoms with E-state index in [-0.39, 0.29) is 18.4 Å². The summed E-state index contributed by atoms with van der Waals surface area (Å²) in [4.78, 5) is 17.2. The maximum absolute atomic E-state index is 13.1. The monoisotopic (exact) mass is 324 g/mol. The minimum absolute atomic E-state index is 0.0610. The molecule has 0 bridgehead atoms. The summed E-state index contributed by atoms with van der Waals surface area (Å²) in [7, 11) is 2.94. The summed E-state index contributed by atoms with van der Waals surface area (Å²) >= 11 is 0. The number of carbonyl (C=O) groups is 1. The average molecular weight is 324 g/mol. The van der Waals surface area contributed by atoms with Crippen molar-refractivity contribution in [2.24, 2.45) is 7.05 Å². The van der Waals surface area contributed by atoms with Gasteiger partial charge in [-0.15, -0.1) is 0 Å². The van der Waals surface area contributed by atoms with Crippen molar-refractivity contribution in [2.75, 3.05) is 7.05 Å². The van der Waals surface area contributed by atoms with Gasteiger partial charge < -0.3 is 4.90 Å². The Labute approximate surface area is 130 Å². The molecule has 0 saturated heterocycles. The molecule has 1 fully saturated rings. The molecule has 0 spiro atoms. The fraction of sp³-hybridized carbons (Fsp3) is 0.400. The van der Waals surface area contributed by atoms with E-state index in [0.29, 0.717) is 5.56 Å². The number of rotatable bonds is 3. The molecule has 8 heteroatoms.